The highest BCUT2D eigenvalue weighted by atomic mass is 32.2. The third-order valence-corrected chi connectivity index (χ3v) is 5.60. The molecule has 0 spiro atoms. The maximum Gasteiger partial charge on any atom is 0.476 e. The zero-order valence-electron chi connectivity index (χ0n) is 13.9. The Morgan fingerprint density at radius 1 is 1.25 bits per heavy atom. The van der Waals surface area contributed by atoms with Crippen molar-refractivity contribution < 1.29 is 27.7 Å². The molecule has 0 saturated heterocycles. The van der Waals surface area contributed by atoms with Gasteiger partial charge in [0.05, 0.1) is 18.1 Å². The fourth-order valence-electron chi connectivity index (χ4n) is 1.88. The summed E-state index contributed by atoms with van der Waals surface area (Å²) < 4.78 is 27.8. The molecule has 1 unspecified atom stereocenters. The lowest BCUT2D eigenvalue weighted by Crippen LogP contribution is -2.44. The summed E-state index contributed by atoms with van der Waals surface area (Å²) in [6.07, 6.45) is 3.90. The van der Waals surface area contributed by atoms with Gasteiger partial charge < -0.3 is 0 Å². The molecule has 0 aromatic rings. The van der Waals surface area contributed by atoms with E-state index in [1.165, 1.54) is 24.8 Å². The van der Waals surface area contributed by atoms with Crippen LogP contribution in [0.3, 0.4) is 0 Å². The molecule has 0 heterocycles. The number of allylic oxidation sites excluding steroid dienone is 3. The highest BCUT2D eigenvalue weighted by Gasteiger charge is 2.41. The molecular formula is C15H22NO6PS. The molecule has 134 valence electrons. The van der Waals surface area contributed by atoms with Gasteiger partial charge in [0.2, 0.25) is 0 Å². The number of ketones is 2. The monoisotopic (exact) mass is 375 g/mol. The first kappa shape index (κ1) is 21.0. The Balaban J connectivity index is 3.02. The van der Waals surface area contributed by atoms with Crippen LogP contribution in [-0.4, -0.2) is 36.3 Å². The van der Waals surface area contributed by atoms with Crippen LogP contribution in [0.5, 0.6) is 0 Å². The molecule has 1 aliphatic rings. The van der Waals surface area contributed by atoms with Gasteiger partial charge in [-0.15, -0.1) is 18.3 Å². The van der Waals surface area contributed by atoms with Crippen molar-refractivity contribution >= 4 is 31.2 Å². The van der Waals surface area contributed by atoms with Gasteiger partial charge in [0, 0.05) is 17.4 Å². The Bertz CT molecular complexity index is 615. The zero-order chi connectivity index (χ0) is 18.4. The lowest BCUT2D eigenvalue weighted by atomic mass is 9.95. The molecule has 24 heavy (non-hydrogen) atoms. The second kappa shape index (κ2) is 8.89. The minimum absolute atomic E-state index is 0.0710. The van der Waals surface area contributed by atoms with Crippen LogP contribution in [-0.2, 0) is 27.7 Å². The highest BCUT2D eigenvalue weighted by Crippen LogP contribution is 2.53. The Morgan fingerprint density at radius 3 is 2.33 bits per heavy atom. The lowest BCUT2D eigenvalue weighted by Gasteiger charge is -2.31. The average Bonchev–Trinajstić information content (AvgIpc) is 2.47. The van der Waals surface area contributed by atoms with Gasteiger partial charge in [-0.2, -0.15) is 0 Å². The van der Waals surface area contributed by atoms with Crippen molar-refractivity contribution in [1.29, 1.82) is 0 Å². The van der Waals surface area contributed by atoms with Crippen LogP contribution in [0.4, 0.5) is 0 Å². The van der Waals surface area contributed by atoms with Gasteiger partial charge in [0.1, 0.15) is 0 Å². The summed E-state index contributed by atoms with van der Waals surface area (Å²) in [6, 6.07) is 0. The van der Waals surface area contributed by atoms with Gasteiger partial charge in [-0.1, -0.05) is 6.08 Å². The van der Waals surface area contributed by atoms with Crippen molar-refractivity contribution in [2.45, 2.75) is 26.5 Å². The molecule has 0 aromatic heterocycles. The van der Waals surface area contributed by atoms with Crippen LogP contribution in [0.25, 0.3) is 0 Å². The molecule has 1 aliphatic carbocycles. The lowest BCUT2D eigenvalue weighted by molar-refractivity contribution is -0.116. The summed E-state index contributed by atoms with van der Waals surface area (Å²) in [7, 11) is -3.96. The predicted octanol–water partition coefficient (Wildman–Crippen LogP) is 2.74. The Morgan fingerprint density at radius 2 is 1.83 bits per heavy atom. The van der Waals surface area contributed by atoms with Crippen LogP contribution >= 0.6 is 19.6 Å². The summed E-state index contributed by atoms with van der Waals surface area (Å²) in [4.78, 5) is 24.7. The summed E-state index contributed by atoms with van der Waals surface area (Å²) in [5.41, 5.74) is 4.06. The quantitative estimate of drug-likeness (QED) is 0.269. The van der Waals surface area contributed by atoms with Crippen molar-refractivity contribution in [3.63, 3.8) is 0 Å². The molecule has 0 fully saturated rings. The number of hydrogen-bond acceptors (Lipinski definition) is 8. The Labute approximate surface area is 145 Å². The smallest absolute Gasteiger partial charge is 0.299 e. The van der Waals surface area contributed by atoms with E-state index in [9.17, 15) is 14.2 Å². The van der Waals surface area contributed by atoms with Gasteiger partial charge in [-0.05, 0) is 26.8 Å². The van der Waals surface area contributed by atoms with E-state index in [2.05, 4.69) is 6.58 Å². The molecule has 0 saturated carbocycles. The number of phosphoric acid groups is 1. The van der Waals surface area contributed by atoms with E-state index < -0.39 is 19.3 Å². The van der Waals surface area contributed by atoms with Crippen molar-refractivity contribution in [2.24, 2.45) is 5.73 Å². The average molecular weight is 375 g/mol. The van der Waals surface area contributed by atoms with E-state index in [-0.39, 0.29) is 29.5 Å². The Hall–Kier alpha value is -1.02. The molecule has 0 aliphatic heterocycles. The molecule has 1 rings (SSSR count). The Kier molecular flexibility index (Phi) is 7.79. The van der Waals surface area contributed by atoms with Crippen LogP contribution in [0, 0.1) is 0 Å². The first-order valence-corrected chi connectivity index (χ1v) is 9.78. The molecular weight excluding hydrogens is 353 g/mol. The van der Waals surface area contributed by atoms with Gasteiger partial charge in [-0.25, -0.2) is 4.57 Å². The first-order valence-electron chi connectivity index (χ1n) is 7.34. The fourth-order valence-corrected chi connectivity index (χ4v) is 3.94. The van der Waals surface area contributed by atoms with Gasteiger partial charge in [0.15, 0.2) is 17.3 Å². The van der Waals surface area contributed by atoms with Crippen molar-refractivity contribution in [2.75, 3.05) is 19.0 Å². The van der Waals surface area contributed by atoms with E-state index >= 15 is 0 Å². The van der Waals surface area contributed by atoms with Crippen molar-refractivity contribution in [1.82, 2.24) is 0 Å². The number of carbonyl (C=O) groups excluding carboxylic acids is 2. The molecule has 0 aromatic carbocycles. The van der Waals surface area contributed by atoms with E-state index in [1.54, 1.807) is 19.9 Å². The number of hydrogen-bond donors (Lipinski definition) is 1. The third kappa shape index (κ3) is 5.51. The van der Waals surface area contributed by atoms with Gasteiger partial charge in [-0.3, -0.25) is 28.9 Å². The molecule has 2 N–H and O–H groups in total. The maximum atomic E-state index is 12.5. The summed E-state index contributed by atoms with van der Waals surface area (Å²) in [6.45, 7) is 8.25. The van der Waals surface area contributed by atoms with Crippen molar-refractivity contribution in [3.8, 4) is 0 Å². The first-order chi connectivity index (χ1) is 11.2. The fraction of sp³-hybridized carbons (Fsp3) is 0.467. The number of thioether (sulfide) groups is 1. The largest absolute Gasteiger partial charge is 0.476 e. The molecule has 0 radical (unpaired) electrons. The molecule has 9 heteroatoms. The van der Waals surface area contributed by atoms with Gasteiger partial charge in [0.25, 0.3) is 0 Å². The number of nitrogens with two attached hydrogens (primary N) is 1. The van der Waals surface area contributed by atoms with Crippen LogP contribution in [0.1, 0.15) is 20.8 Å². The number of rotatable bonds is 10. The minimum atomic E-state index is -3.96. The normalized spacial score (nSPS) is 18.0. The topological polar surface area (TPSA) is 105 Å². The zero-order valence-corrected chi connectivity index (χ0v) is 15.7. The molecule has 1 atom stereocenters. The standard InChI is InChI=1S/C15H22NO6PS/c1-5-8-24-14-10-12(17)11(9-13(14)18)15(4,16)22-23(19,20-6-2)21-7-3/h5,9-10H,1,6-8,16H2,2-4H3. The van der Waals surface area contributed by atoms with E-state index in [0.717, 1.165) is 6.08 Å². The van der Waals surface area contributed by atoms with Gasteiger partial charge >= 0.3 is 7.82 Å². The predicted molar refractivity (Wildman–Crippen MR) is 93.4 cm³/mol. The summed E-state index contributed by atoms with van der Waals surface area (Å²) >= 11 is 1.19. The van der Waals surface area contributed by atoms with E-state index in [0.29, 0.717) is 5.75 Å². The maximum absolute atomic E-state index is 12.5. The molecule has 0 amide bonds. The number of carbonyl (C=O) groups is 2. The highest BCUT2D eigenvalue weighted by molar-refractivity contribution is 8.04. The molecule has 0 bridgehead atoms. The van der Waals surface area contributed by atoms with Crippen molar-refractivity contribution in [3.05, 3.63) is 35.3 Å². The third-order valence-electron chi connectivity index (χ3n) is 2.81. The van der Waals surface area contributed by atoms with Crippen LogP contribution < -0.4 is 5.73 Å². The van der Waals surface area contributed by atoms with Crippen LogP contribution in [0.2, 0.25) is 0 Å². The number of phosphoric ester groups is 1. The van der Waals surface area contributed by atoms with Crippen LogP contribution in [0.15, 0.2) is 35.3 Å². The van der Waals surface area contributed by atoms with E-state index in [4.69, 9.17) is 19.3 Å². The minimum Gasteiger partial charge on any atom is -0.299 e. The summed E-state index contributed by atoms with van der Waals surface area (Å²) in [5, 5.41) is 0. The molecule has 7 nitrogen and oxygen atoms in total. The summed E-state index contributed by atoms with van der Waals surface area (Å²) in [5.74, 6) is -0.376. The second-order valence-corrected chi connectivity index (χ2v) is 7.53. The second-order valence-electron chi connectivity index (χ2n) is 4.88. The SMILES string of the molecule is C=CCSC1=CC(=O)C(C(C)(N)OP(=O)(OCC)OCC)=CC1=O. The van der Waals surface area contributed by atoms with E-state index in [1.807, 2.05) is 0 Å².